The summed E-state index contributed by atoms with van der Waals surface area (Å²) < 4.78 is 5.90. The normalized spacial score (nSPS) is 13.8. The fourth-order valence-electron chi connectivity index (χ4n) is 6.97. The Labute approximate surface area is 340 Å². The highest BCUT2D eigenvalue weighted by Crippen LogP contribution is 2.18. The van der Waals surface area contributed by atoms with Crippen molar-refractivity contribution in [2.75, 3.05) is 6.61 Å². The molecule has 0 spiro atoms. The van der Waals surface area contributed by atoms with Crippen molar-refractivity contribution in [3.63, 3.8) is 0 Å². The van der Waals surface area contributed by atoms with Gasteiger partial charge in [0.25, 0.3) is 0 Å². The van der Waals surface area contributed by atoms with Gasteiger partial charge in [0.2, 0.25) is 5.91 Å². The van der Waals surface area contributed by atoms with Crippen molar-refractivity contribution in [3.8, 4) is 0 Å². The number of carbonyl (C=O) groups is 2. The molecule has 0 aliphatic carbocycles. The lowest BCUT2D eigenvalue weighted by molar-refractivity contribution is -0.151. The van der Waals surface area contributed by atoms with E-state index in [1.165, 1.54) is 103 Å². The second-order valence-corrected chi connectivity index (χ2v) is 15.9. The van der Waals surface area contributed by atoms with E-state index in [1.54, 1.807) is 0 Å². The first kappa shape index (κ1) is 52.8. The number of aliphatic hydroxyl groups excluding tert-OH is 2. The Morgan fingerprint density at radius 2 is 0.982 bits per heavy atom. The average molecular weight is 772 g/mol. The smallest absolute Gasteiger partial charge is 0.306 e. The summed E-state index contributed by atoms with van der Waals surface area (Å²) in [5.74, 6) is -0.498. The molecule has 0 aliphatic heterocycles. The zero-order valence-electron chi connectivity index (χ0n) is 36.3. The van der Waals surface area contributed by atoms with Crippen LogP contribution < -0.4 is 5.32 Å². The number of unbranched alkanes of at least 4 members (excludes halogenated alkanes) is 24. The van der Waals surface area contributed by atoms with E-state index >= 15 is 0 Å². The Bertz CT molecular complexity index is 957. The SMILES string of the molecule is CC/C=C/C=C/C=C/C=C\CCCCCCCC(=O)OC(CCCCCCCCCCCCCC)CC(=O)NC(CO)C(O)CCCCCCCCCCC. The Kier molecular flexibility index (Phi) is 41.2. The van der Waals surface area contributed by atoms with Crippen LogP contribution in [-0.4, -0.2) is 46.9 Å². The van der Waals surface area contributed by atoms with E-state index in [9.17, 15) is 19.8 Å². The number of esters is 1. The lowest BCUT2D eigenvalue weighted by atomic mass is 10.0. The van der Waals surface area contributed by atoms with Gasteiger partial charge >= 0.3 is 5.97 Å². The van der Waals surface area contributed by atoms with Crippen LogP contribution in [0.2, 0.25) is 0 Å². The number of hydrogen-bond acceptors (Lipinski definition) is 5. The van der Waals surface area contributed by atoms with E-state index in [0.717, 1.165) is 77.0 Å². The maximum atomic E-state index is 13.1. The molecule has 0 aliphatic rings. The molecule has 0 bridgehead atoms. The molecule has 0 aromatic rings. The van der Waals surface area contributed by atoms with Gasteiger partial charge in [0.05, 0.1) is 25.2 Å². The van der Waals surface area contributed by atoms with E-state index in [0.29, 0.717) is 19.3 Å². The number of hydrogen-bond donors (Lipinski definition) is 3. The van der Waals surface area contributed by atoms with E-state index in [2.05, 4.69) is 56.5 Å². The van der Waals surface area contributed by atoms with Crippen molar-refractivity contribution in [3.05, 3.63) is 48.6 Å². The minimum absolute atomic E-state index is 0.0694. The van der Waals surface area contributed by atoms with Gasteiger partial charge in [-0.3, -0.25) is 9.59 Å². The van der Waals surface area contributed by atoms with Crippen LogP contribution in [0.3, 0.4) is 0 Å². The summed E-state index contributed by atoms with van der Waals surface area (Å²) in [7, 11) is 0. The van der Waals surface area contributed by atoms with Gasteiger partial charge in [-0.05, 0) is 44.9 Å². The third kappa shape index (κ3) is 38.5. The molecule has 320 valence electrons. The van der Waals surface area contributed by atoms with Crippen molar-refractivity contribution in [2.24, 2.45) is 0 Å². The molecule has 3 unspecified atom stereocenters. The van der Waals surface area contributed by atoms with Gasteiger partial charge in [0, 0.05) is 6.42 Å². The summed E-state index contributed by atoms with van der Waals surface area (Å²) in [6.45, 7) is 6.31. The molecule has 0 saturated heterocycles. The highest BCUT2D eigenvalue weighted by molar-refractivity contribution is 5.77. The predicted molar refractivity (Wildman–Crippen MR) is 236 cm³/mol. The fourth-order valence-corrected chi connectivity index (χ4v) is 6.97. The first-order chi connectivity index (χ1) is 27.0. The van der Waals surface area contributed by atoms with Crippen LogP contribution in [0.15, 0.2) is 48.6 Å². The number of ether oxygens (including phenoxy) is 1. The second-order valence-electron chi connectivity index (χ2n) is 15.9. The predicted octanol–water partition coefficient (Wildman–Crippen LogP) is 13.5. The van der Waals surface area contributed by atoms with Gasteiger partial charge in [-0.1, -0.05) is 217 Å². The summed E-state index contributed by atoms with van der Waals surface area (Å²) in [5.41, 5.74) is 0. The van der Waals surface area contributed by atoms with Crippen molar-refractivity contribution >= 4 is 11.9 Å². The average Bonchev–Trinajstić information content (AvgIpc) is 3.18. The number of amides is 1. The lowest BCUT2D eigenvalue weighted by Gasteiger charge is -2.24. The van der Waals surface area contributed by atoms with Crippen molar-refractivity contribution in [2.45, 2.75) is 244 Å². The molecule has 55 heavy (non-hydrogen) atoms. The monoisotopic (exact) mass is 772 g/mol. The first-order valence-corrected chi connectivity index (χ1v) is 23.4. The van der Waals surface area contributed by atoms with Gasteiger partial charge in [-0.2, -0.15) is 0 Å². The van der Waals surface area contributed by atoms with Gasteiger partial charge in [-0.25, -0.2) is 0 Å². The maximum Gasteiger partial charge on any atom is 0.306 e. The van der Waals surface area contributed by atoms with Gasteiger partial charge in [0.15, 0.2) is 0 Å². The molecule has 0 heterocycles. The number of aliphatic hydroxyl groups is 2. The lowest BCUT2D eigenvalue weighted by Crippen LogP contribution is -2.46. The summed E-state index contributed by atoms with van der Waals surface area (Å²) in [4.78, 5) is 26.0. The minimum atomic E-state index is -0.788. The third-order valence-electron chi connectivity index (χ3n) is 10.5. The van der Waals surface area contributed by atoms with Crippen LogP contribution in [0.4, 0.5) is 0 Å². The summed E-state index contributed by atoms with van der Waals surface area (Å²) in [5, 5.41) is 23.6. The molecule has 0 radical (unpaired) electrons. The van der Waals surface area contributed by atoms with Crippen molar-refractivity contribution < 1.29 is 24.5 Å². The molecule has 0 saturated carbocycles. The summed E-state index contributed by atoms with van der Waals surface area (Å²) in [6.07, 6.45) is 50.2. The van der Waals surface area contributed by atoms with Crippen LogP contribution >= 0.6 is 0 Å². The molecule has 3 atom stereocenters. The van der Waals surface area contributed by atoms with Crippen LogP contribution in [0.25, 0.3) is 0 Å². The molecular weight excluding hydrogens is 683 g/mol. The molecule has 1 amide bonds. The number of nitrogens with one attached hydrogen (secondary N) is 1. The topological polar surface area (TPSA) is 95.9 Å². The third-order valence-corrected chi connectivity index (χ3v) is 10.5. The zero-order chi connectivity index (χ0) is 40.3. The molecule has 0 fully saturated rings. The zero-order valence-corrected chi connectivity index (χ0v) is 36.3. The number of carbonyl (C=O) groups excluding carboxylic acids is 2. The van der Waals surface area contributed by atoms with Gasteiger partial charge in [-0.15, -0.1) is 0 Å². The molecule has 6 heteroatoms. The Morgan fingerprint density at radius 3 is 1.49 bits per heavy atom. The molecular formula is C49H89NO5. The fraction of sp³-hybridized carbons (Fsp3) is 0.796. The summed E-state index contributed by atoms with van der Waals surface area (Å²) in [6, 6.07) is -0.702. The highest BCUT2D eigenvalue weighted by atomic mass is 16.5. The van der Waals surface area contributed by atoms with Crippen LogP contribution in [0.5, 0.6) is 0 Å². The molecule has 0 aromatic heterocycles. The minimum Gasteiger partial charge on any atom is -0.462 e. The molecule has 3 N–H and O–H groups in total. The largest absolute Gasteiger partial charge is 0.462 e. The van der Waals surface area contributed by atoms with Crippen molar-refractivity contribution in [1.29, 1.82) is 0 Å². The van der Waals surface area contributed by atoms with E-state index < -0.39 is 18.2 Å². The molecule has 0 rings (SSSR count). The van der Waals surface area contributed by atoms with E-state index in [4.69, 9.17) is 4.74 Å². The van der Waals surface area contributed by atoms with Crippen LogP contribution in [-0.2, 0) is 14.3 Å². The van der Waals surface area contributed by atoms with E-state index in [-0.39, 0.29) is 24.9 Å². The van der Waals surface area contributed by atoms with E-state index in [1.807, 2.05) is 18.2 Å². The Balaban J connectivity index is 4.62. The van der Waals surface area contributed by atoms with Crippen molar-refractivity contribution in [1.82, 2.24) is 5.32 Å². The first-order valence-electron chi connectivity index (χ1n) is 23.4. The summed E-state index contributed by atoms with van der Waals surface area (Å²) >= 11 is 0. The molecule has 0 aromatic carbocycles. The van der Waals surface area contributed by atoms with Gasteiger partial charge < -0.3 is 20.3 Å². The second kappa shape index (κ2) is 43.0. The van der Waals surface area contributed by atoms with Crippen LogP contribution in [0.1, 0.15) is 226 Å². The quantitative estimate of drug-likeness (QED) is 0.0327. The Hall–Kier alpha value is -2.18. The standard InChI is InChI=1S/C49H89NO5/c1-4-7-10-13-16-19-21-23-24-25-27-30-33-36-39-42-49(54)55-45(40-37-34-31-29-26-22-20-17-14-11-8-5-2)43-48(53)50-46(44-51)47(52)41-38-35-32-28-18-15-12-9-6-3/h7,10,13,16,19,21,23-24,45-47,51-52H,4-6,8-9,11-12,14-15,17-18,20,22,25-44H2,1-3H3,(H,50,53)/b10-7+,16-13+,21-19+,24-23-. The number of rotatable bonds is 41. The number of allylic oxidation sites excluding steroid dienone is 8. The van der Waals surface area contributed by atoms with Gasteiger partial charge in [0.1, 0.15) is 6.10 Å². The molecule has 6 nitrogen and oxygen atoms in total. The van der Waals surface area contributed by atoms with Crippen LogP contribution in [0, 0.1) is 0 Å². The maximum absolute atomic E-state index is 13.1. The highest BCUT2D eigenvalue weighted by Gasteiger charge is 2.24. The Morgan fingerprint density at radius 1 is 0.545 bits per heavy atom.